The lowest BCUT2D eigenvalue weighted by atomic mass is 10.2. The van der Waals surface area contributed by atoms with Gasteiger partial charge in [-0.3, -0.25) is 5.01 Å². The van der Waals surface area contributed by atoms with Gasteiger partial charge in [-0.2, -0.15) is 5.10 Å². The SMILES string of the molecule is CN1CCN(c2ccc(NC(=O)[OH2+])cc2F)C=N1. The summed E-state index contributed by atoms with van der Waals surface area (Å²) < 4.78 is 13.9. The minimum absolute atomic E-state index is 0.266. The van der Waals surface area contributed by atoms with E-state index in [9.17, 15) is 9.18 Å². The van der Waals surface area contributed by atoms with Crippen LogP contribution in [-0.2, 0) is 0 Å². The van der Waals surface area contributed by atoms with Gasteiger partial charge >= 0.3 is 6.09 Å². The third kappa shape index (κ3) is 2.68. The summed E-state index contributed by atoms with van der Waals surface area (Å²) >= 11 is 0. The molecule has 1 aliphatic heterocycles. The zero-order valence-electron chi connectivity index (χ0n) is 9.85. The normalized spacial score (nSPS) is 14.8. The monoisotopic (exact) mass is 253 g/mol. The fourth-order valence-corrected chi connectivity index (χ4v) is 1.65. The zero-order valence-corrected chi connectivity index (χ0v) is 9.85. The summed E-state index contributed by atoms with van der Waals surface area (Å²) in [5.41, 5.74) is 0.664. The molecule has 0 fully saturated rings. The van der Waals surface area contributed by atoms with Crippen molar-refractivity contribution < 1.29 is 14.3 Å². The summed E-state index contributed by atoms with van der Waals surface area (Å²) in [6.45, 7) is 1.35. The maximum atomic E-state index is 13.9. The fourth-order valence-electron chi connectivity index (χ4n) is 1.65. The summed E-state index contributed by atoms with van der Waals surface area (Å²) in [6.07, 6.45) is 0.591. The van der Waals surface area contributed by atoms with Gasteiger partial charge in [-0.05, 0) is 18.2 Å². The molecule has 2 rings (SSSR count). The van der Waals surface area contributed by atoms with Crippen LogP contribution in [0.15, 0.2) is 23.3 Å². The topological polar surface area (TPSA) is 70.8 Å². The lowest BCUT2D eigenvalue weighted by molar-refractivity contribution is 0.209. The van der Waals surface area contributed by atoms with Crippen LogP contribution in [0.5, 0.6) is 0 Å². The van der Waals surface area contributed by atoms with Gasteiger partial charge in [0.2, 0.25) is 0 Å². The van der Waals surface area contributed by atoms with Gasteiger partial charge in [0.15, 0.2) is 0 Å². The van der Waals surface area contributed by atoms with E-state index in [1.165, 1.54) is 6.07 Å². The van der Waals surface area contributed by atoms with E-state index in [-0.39, 0.29) is 5.69 Å². The number of anilines is 2. The Balaban J connectivity index is 2.19. The Morgan fingerprint density at radius 2 is 2.28 bits per heavy atom. The quantitative estimate of drug-likeness (QED) is 0.792. The number of amides is 1. The third-order valence-electron chi connectivity index (χ3n) is 2.57. The molecule has 1 amide bonds. The number of likely N-dealkylation sites (N-methyl/N-ethyl adjacent to an activating group) is 1. The smallest absolute Gasteiger partial charge is 0.547 e. The van der Waals surface area contributed by atoms with Crippen LogP contribution >= 0.6 is 0 Å². The summed E-state index contributed by atoms with van der Waals surface area (Å²) in [7, 11) is 1.84. The molecule has 0 spiro atoms. The van der Waals surface area contributed by atoms with E-state index in [4.69, 9.17) is 5.11 Å². The van der Waals surface area contributed by atoms with Crippen LogP contribution in [0.25, 0.3) is 0 Å². The van der Waals surface area contributed by atoms with Crippen molar-refractivity contribution in [3.63, 3.8) is 0 Å². The third-order valence-corrected chi connectivity index (χ3v) is 2.57. The number of benzene rings is 1. The number of hydrogen-bond acceptors (Lipinski definition) is 4. The summed E-state index contributed by atoms with van der Waals surface area (Å²) in [4.78, 5) is 12.2. The highest BCUT2D eigenvalue weighted by molar-refractivity contribution is 5.85. The molecule has 7 heteroatoms. The Hall–Kier alpha value is -2.31. The molecule has 0 atom stereocenters. The number of halogens is 1. The molecular formula is C11H14FN4O2+. The van der Waals surface area contributed by atoms with Crippen LogP contribution in [0.4, 0.5) is 20.6 Å². The molecule has 0 aliphatic carbocycles. The molecule has 18 heavy (non-hydrogen) atoms. The van der Waals surface area contributed by atoms with E-state index in [0.717, 1.165) is 0 Å². The average molecular weight is 253 g/mol. The van der Waals surface area contributed by atoms with Crippen molar-refractivity contribution >= 4 is 23.8 Å². The average Bonchev–Trinajstić information content (AvgIpc) is 2.30. The molecule has 0 radical (unpaired) electrons. The van der Waals surface area contributed by atoms with Crippen molar-refractivity contribution in [3.05, 3.63) is 24.0 Å². The Kier molecular flexibility index (Phi) is 3.31. The summed E-state index contributed by atoms with van der Waals surface area (Å²) in [5.74, 6) is -0.461. The number of carbonyl (C=O) groups is 1. The van der Waals surface area contributed by atoms with Gasteiger partial charge in [0.25, 0.3) is 0 Å². The van der Waals surface area contributed by atoms with E-state index in [1.807, 2.05) is 7.05 Å². The van der Waals surface area contributed by atoms with E-state index >= 15 is 0 Å². The van der Waals surface area contributed by atoms with Gasteiger partial charge in [0.1, 0.15) is 12.2 Å². The van der Waals surface area contributed by atoms with Gasteiger partial charge in [0.05, 0.1) is 22.7 Å². The zero-order chi connectivity index (χ0) is 13.1. The number of hydrogen-bond donors (Lipinski definition) is 1. The molecule has 1 aromatic carbocycles. The van der Waals surface area contributed by atoms with Gasteiger partial charge in [-0.15, -0.1) is 0 Å². The van der Waals surface area contributed by atoms with Crippen LogP contribution in [0.3, 0.4) is 0 Å². The van der Waals surface area contributed by atoms with Crippen molar-refractivity contribution in [1.29, 1.82) is 0 Å². The van der Waals surface area contributed by atoms with E-state index in [1.54, 1.807) is 28.4 Å². The van der Waals surface area contributed by atoms with E-state index in [0.29, 0.717) is 18.8 Å². The largest absolute Gasteiger partial charge is 0.630 e. The van der Waals surface area contributed by atoms with Gasteiger partial charge < -0.3 is 10.0 Å². The number of rotatable bonds is 2. The molecule has 1 aliphatic rings. The first-order chi connectivity index (χ1) is 8.56. The molecule has 96 valence electrons. The van der Waals surface area contributed by atoms with Crippen molar-refractivity contribution in [3.8, 4) is 0 Å². The van der Waals surface area contributed by atoms with Crippen molar-refractivity contribution in [1.82, 2.24) is 5.01 Å². The Morgan fingerprint density at radius 1 is 1.50 bits per heavy atom. The highest BCUT2D eigenvalue weighted by Crippen LogP contribution is 2.22. The minimum atomic E-state index is -0.969. The molecule has 6 nitrogen and oxygen atoms in total. The number of nitrogens with one attached hydrogen (secondary N) is 1. The molecule has 1 aromatic rings. The highest BCUT2D eigenvalue weighted by Gasteiger charge is 2.15. The minimum Gasteiger partial charge on any atom is -0.547 e. The van der Waals surface area contributed by atoms with Crippen LogP contribution in [0.2, 0.25) is 0 Å². The van der Waals surface area contributed by atoms with Crippen LogP contribution in [0.1, 0.15) is 0 Å². The van der Waals surface area contributed by atoms with Gasteiger partial charge in [-0.25, -0.2) is 9.71 Å². The predicted octanol–water partition coefficient (Wildman–Crippen LogP) is 0.777. The molecule has 3 N–H and O–H groups in total. The fraction of sp³-hybridized carbons (Fsp3) is 0.273. The van der Waals surface area contributed by atoms with Crippen LogP contribution in [0, 0.1) is 5.82 Å². The van der Waals surface area contributed by atoms with Crippen molar-refractivity contribution in [2.45, 2.75) is 0 Å². The highest BCUT2D eigenvalue weighted by atomic mass is 19.1. The molecule has 1 heterocycles. The second-order valence-electron chi connectivity index (χ2n) is 3.93. The number of carbonyl (C=O) groups excluding carboxylic acids is 1. The molecular weight excluding hydrogens is 239 g/mol. The molecule has 0 bridgehead atoms. The van der Waals surface area contributed by atoms with Gasteiger partial charge in [0, 0.05) is 13.6 Å². The standard InChI is InChI=1S/C11H13FN4O2/c1-15-4-5-16(7-13-15)10-3-2-8(6-9(10)12)14-11(17)18/h2-3,6-7,14H,4-5H2,1H3,(H,17,18)/p+1. The number of nitrogens with zero attached hydrogens (tertiary/aromatic N) is 3. The first-order valence-corrected chi connectivity index (χ1v) is 5.40. The Morgan fingerprint density at radius 3 is 2.83 bits per heavy atom. The Labute approximate surface area is 103 Å². The van der Waals surface area contributed by atoms with Crippen molar-refractivity contribution in [2.75, 3.05) is 30.4 Å². The second kappa shape index (κ2) is 4.91. The molecule has 0 saturated heterocycles. The van der Waals surface area contributed by atoms with E-state index in [2.05, 4.69) is 10.4 Å². The number of hydrazone groups is 1. The van der Waals surface area contributed by atoms with E-state index < -0.39 is 11.9 Å². The first-order valence-electron chi connectivity index (χ1n) is 5.40. The summed E-state index contributed by atoms with van der Waals surface area (Å²) in [5, 5.41) is 14.8. The van der Waals surface area contributed by atoms with Crippen molar-refractivity contribution in [2.24, 2.45) is 5.10 Å². The molecule has 0 saturated carbocycles. The van der Waals surface area contributed by atoms with Crippen LogP contribution < -0.4 is 10.2 Å². The Bertz CT molecular complexity index is 492. The maximum absolute atomic E-state index is 13.9. The van der Waals surface area contributed by atoms with Crippen LogP contribution in [-0.4, -0.2) is 42.7 Å². The predicted molar refractivity (Wildman–Crippen MR) is 67.5 cm³/mol. The first kappa shape index (κ1) is 12.2. The second-order valence-corrected chi connectivity index (χ2v) is 3.93. The van der Waals surface area contributed by atoms with Gasteiger partial charge in [-0.1, -0.05) is 0 Å². The lowest BCUT2D eigenvalue weighted by Crippen LogP contribution is -2.36. The maximum Gasteiger partial charge on any atom is 0.630 e. The lowest BCUT2D eigenvalue weighted by Gasteiger charge is -2.27. The molecule has 0 aromatic heterocycles. The summed E-state index contributed by atoms with van der Waals surface area (Å²) in [6, 6.07) is 4.29. The molecule has 0 unspecified atom stereocenters.